The van der Waals surface area contributed by atoms with Gasteiger partial charge in [-0.3, -0.25) is 15.5 Å². The lowest BCUT2D eigenvalue weighted by Gasteiger charge is -2.11. The van der Waals surface area contributed by atoms with Crippen molar-refractivity contribution < 1.29 is 18.1 Å². The topological polar surface area (TPSA) is 72.5 Å². The molecule has 1 heterocycles. The van der Waals surface area contributed by atoms with Crippen molar-refractivity contribution in [1.82, 2.24) is 4.57 Å². The Balaban J connectivity index is 1.88. The number of hydrazone groups is 1. The fourth-order valence-electron chi connectivity index (χ4n) is 3.31. The highest BCUT2D eigenvalue weighted by Gasteiger charge is 2.33. The fourth-order valence-corrected chi connectivity index (χ4v) is 3.31. The number of halogens is 3. The van der Waals surface area contributed by atoms with Crippen LogP contribution in [0.4, 0.5) is 24.5 Å². The Labute approximate surface area is 177 Å². The zero-order valence-electron chi connectivity index (χ0n) is 17.4. The summed E-state index contributed by atoms with van der Waals surface area (Å²) in [5.41, 5.74) is 6.58. The molecule has 9 heteroatoms. The normalized spacial score (nSPS) is 11.8. The summed E-state index contributed by atoms with van der Waals surface area (Å²) in [6.07, 6.45) is -3.18. The van der Waals surface area contributed by atoms with E-state index in [1.54, 1.807) is 0 Å². The molecule has 1 aromatic heterocycles. The summed E-state index contributed by atoms with van der Waals surface area (Å²) in [5, 5.41) is 15.2. The van der Waals surface area contributed by atoms with Gasteiger partial charge in [0.05, 0.1) is 16.7 Å². The van der Waals surface area contributed by atoms with Crippen LogP contribution in [0.15, 0.2) is 47.6 Å². The molecule has 0 radical (unpaired) electrons. The number of nitrogens with zero attached hydrogens (tertiary/aromatic N) is 3. The van der Waals surface area contributed by atoms with E-state index in [4.69, 9.17) is 0 Å². The zero-order valence-corrected chi connectivity index (χ0v) is 17.4. The van der Waals surface area contributed by atoms with Crippen LogP contribution in [-0.2, 0) is 6.18 Å². The molecule has 6 nitrogen and oxygen atoms in total. The van der Waals surface area contributed by atoms with Gasteiger partial charge in [0, 0.05) is 28.7 Å². The summed E-state index contributed by atoms with van der Waals surface area (Å²) in [6.45, 7) is 7.95. The molecule has 0 saturated heterocycles. The van der Waals surface area contributed by atoms with E-state index in [-0.39, 0.29) is 5.69 Å². The van der Waals surface area contributed by atoms with E-state index in [0.29, 0.717) is 6.07 Å². The number of anilines is 1. The Morgan fingerprint density at radius 1 is 1.03 bits per heavy atom. The quantitative estimate of drug-likeness (QED) is 0.303. The molecule has 0 atom stereocenters. The maximum atomic E-state index is 12.8. The SMILES string of the molecule is Cc1ccc(-n2c(C)cc(/C=N\Nc3ccc(C(F)(F)F)cc3[N+](=O)[O-])c2C)cc1C. The van der Waals surface area contributed by atoms with E-state index in [2.05, 4.69) is 21.2 Å². The molecule has 0 aliphatic rings. The number of hydrogen-bond acceptors (Lipinski definition) is 4. The first kappa shape index (κ1) is 22.1. The summed E-state index contributed by atoms with van der Waals surface area (Å²) < 4.78 is 40.6. The van der Waals surface area contributed by atoms with Gasteiger partial charge in [0.2, 0.25) is 0 Å². The van der Waals surface area contributed by atoms with E-state index < -0.39 is 22.4 Å². The molecule has 1 N–H and O–H groups in total. The Morgan fingerprint density at radius 3 is 2.35 bits per heavy atom. The van der Waals surface area contributed by atoms with Gasteiger partial charge in [0.25, 0.3) is 5.69 Å². The smallest absolute Gasteiger partial charge is 0.318 e. The Kier molecular flexibility index (Phi) is 5.88. The highest BCUT2D eigenvalue weighted by atomic mass is 19.4. The number of aryl methyl sites for hydroxylation is 3. The zero-order chi connectivity index (χ0) is 22.9. The lowest BCUT2D eigenvalue weighted by atomic mass is 10.1. The highest BCUT2D eigenvalue weighted by molar-refractivity contribution is 5.83. The van der Waals surface area contributed by atoms with E-state index in [9.17, 15) is 23.3 Å². The first-order valence-corrected chi connectivity index (χ1v) is 9.40. The molecule has 3 rings (SSSR count). The summed E-state index contributed by atoms with van der Waals surface area (Å²) >= 11 is 0. The molecule has 0 spiro atoms. The Morgan fingerprint density at radius 2 is 1.74 bits per heavy atom. The fraction of sp³-hybridized carbons (Fsp3) is 0.227. The highest BCUT2D eigenvalue weighted by Crippen LogP contribution is 2.35. The van der Waals surface area contributed by atoms with Gasteiger partial charge >= 0.3 is 6.18 Å². The molecule has 0 fully saturated rings. The molecular formula is C22H21F3N4O2. The van der Waals surface area contributed by atoms with Crippen molar-refractivity contribution in [3.63, 3.8) is 0 Å². The van der Waals surface area contributed by atoms with Crippen molar-refractivity contribution in [2.45, 2.75) is 33.9 Å². The number of nitrogens with one attached hydrogen (secondary N) is 1. The third kappa shape index (κ3) is 4.60. The van der Waals surface area contributed by atoms with Gasteiger partial charge < -0.3 is 4.57 Å². The van der Waals surface area contributed by atoms with E-state index in [0.717, 1.165) is 40.3 Å². The molecule has 0 aliphatic heterocycles. The van der Waals surface area contributed by atoms with Crippen LogP contribution >= 0.6 is 0 Å². The Hall–Kier alpha value is -3.62. The van der Waals surface area contributed by atoms with Crippen LogP contribution in [0.2, 0.25) is 0 Å². The molecule has 0 saturated carbocycles. The summed E-state index contributed by atoms with van der Waals surface area (Å²) in [7, 11) is 0. The van der Waals surface area contributed by atoms with Crippen molar-refractivity contribution >= 4 is 17.6 Å². The van der Waals surface area contributed by atoms with E-state index in [1.165, 1.54) is 11.8 Å². The molecule has 0 unspecified atom stereocenters. The van der Waals surface area contributed by atoms with Crippen molar-refractivity contribution in [2.75, 3.05) is 5.43 Å². The Bertz CT molecular complexity index is 1180. The maximum Gasteiger partial charge on any atom is 0.416 e. The first-order valence-electron chi connectivity index (χ1n) is 9.40. The molecule has 0 bridgehead atoms. The predicted molar refractivity (Wildman–Crippen MR) is 114 cm³/mol. The molecule has 162 valence electrons. The van der Waals surface area contributed by atoms with Crippen LogP contribution in [-0.4, -0.2) is 15.7 Å². The second-order valence-corrected chi connectivity index (χ2v) is 7.29. The third-order valence-corrected chi connectivity index (χ3v) is 5.13. The molecular weight excluding hydrogens is 409 g/mol. The maximum absolute atomic E-state index is 12.8. The van der Waals surface area contributed by atoms with Crippen LogP contribution in [0.25, 0.3) is 5.69 Å². The first-order chi connectivity index (χ1) is 14.5. The standard InChI is InChI=1S/C22H21F3N4O2/c1-13-5-7-19(9-14(13)2)28-15(3)10-17(16(28)4)12-26-27-20-8-6-18(22(23,24)25)11-21(20)29(30)31/h5-12,27H,1-4H3/b26-12-. The largest absolute Gasteiger partial charge is 0.416 e. The van der Waals surface area contributed by atoms with Crippen molar-refractivity contribution in [3.05, 3.63) is 86.2 Å². The number of rotatable bonds is 5. The van der Waals surface area contributed by atoms with Gasteiger partial charge in [0.1, 0.15) is 5.69 Å². The summed E-state index contributed by atoms with van der Waals surface area (Å²) in [6, 6.07) is 10.3. The molecule has 3 aromatic rings. The molecule has 0 aliphatic carbocycles. The average molecular weight is 430 g/mol. The number of benzene rings is 2. The average Bonchev–Trinajstić information content (AvgIpc) is 2.96. The number of hydrogen-bond donors (Lipinski definition) is 1. The van der Waals surface area contributed by atoms with Gasteiger partial charge in [-0.15, -0.1) is 0 Å². The second kappa shape index (κ2) is 8.25. The molecule has 0 amide bonds. The number of alkyl halides is 3. The number of nitro benzene ring substituents is 1. The summed E-state index contributed by atoms with van der Waals surface area (Å²) in [4.78, 5) is 10.3. The second-order valence-electron chi connectivity index (χ2n) is 7.29. The minimum atomic E-state index is -4.67. The molecule has 31 heavy (non-hydrogen) atoms. The van der Waals surface area contributed by atoms with Gasteiger partial charge in [0.15, 0.2) is 0 Å². The van der Waals surface area contributed by atoms with Crippen LogP contribution in [0.5, 0.6) is 0 Å². The molecule has 2 aromatic carbocycles. The van der Waals surface area contributed by atoms with E-state index in [1.807, 2.05) is 45.9 Å². The van der Waals surface area contributed by atoms with Crippen LogP contribution in [0.1, 0.15) is 33.6 Å². The van der Waals surface area contributed by atoms with Crippen LogP contribution in [0.3, 0.4) is 0 Å². The van der Waals surface area contributed by atoms with Gasteiger partial charge in [-0.25, -0.2) is 0 Å². The lowest BCUT2D eigenvalue weighted by Crippen LogP contribution is -2.06. The van der Waals surface area contributed by atoms with Crippen molar-refractivity contribution in [3.8, 4) is 5.69 Å². The van der Waals surface area contributed by atoms with Crippen LogP contribution < -0.4 is 5.43 Å². The van der Waals surface area contributed by atoms with Gasteiger partial charge in [-0.2, -0.15) is 18.3 Å². The van der Waals surface area contributed by atoms with Gasteiger partial charge in [-0.05, 0) is 69.2 Å². The lowest BCUT2D eigenvalue weighted by molar-refractivity contribution is -0.384. The van der Waals surface area contributed by atoms with Crippen LogP contribution in [0, 0.1) is 37.8 Å². The summed E-state index contributed by atoms with van der Waals surface area (Å²) in [5.74, 6) is 0. The monoisotopic (exact) mass is 430 g/mol. The number of aromatic nitrogens is 1. The number of nitro groups is 1. The van der Waals surface area contributed by atoms with Crippen molar-refractivity contribution in [2.24, 2.45) is 5.10 Å². The van der Waals surface area contributed by atoms with Gasteiger partial charge in [-0.1, -0.05) is 6.07 Å². The van der Waals surface area contributed by atoms with Crippen molar-refractivity contribution in [1.29, 1.82) is 0 Å². The minimum absolute atomic E-state index is 0.128. The predicted octanol–water partition coefficient (Wildman–Crippen LogP) is 6.08. The van der Waals surface area contributed by atoms with E-state index >= 15 is 0 Å². The minimum Gasteiger partial charge on any atom is -0.318 e. The third-order valence-electron chi connectivity index (χ3n) is 5.13.